The van der Waals surface area contributed by atoms with Gasteiger partial charge in [0.05, 0.1) is 16.2 Å². The van der Waals surface area contributed by atoms with Crippen molar-refractivity contribution in [2.75, 3.05) is 7.05 Å². The van der Waals surface area contributed by atoms with E-state index in [1.807, 2.05) is 13.8 Å². The van der Waals surface area contributed by atoms with Crippen LogP contribution in [-0.2, 0) is 0 Å². The number of thiocarbonyl (C=S) groups is 1. The summed E-state index contributed by atoms with van der Waals surface area (Å²) in [6.07, 6.45) is 2.14. The van der Waals surface area contributed by atoms with Crippen LogP contribution in [0.3, 0.4) is 0 Å². The fourth-order valence-electron chi connectivity index (χ4n) is 1.26. The van der Waals surface area contributed by atoms with E-state index >= 15 is 0 Å². The van der Waals surface area contributed by atoms with Gasteiger partial charge in [-0.25, -0.2) is 4.98 Å². The summed E-state index contributed by atoms with van der Waals surface area (Å²) in [6.45, 7) is 3.80. The van der Waals surface area contributed by atoms with Crippen molar-refractivity contribution in [3.05, 3.63) is 16.1 Å². The highest BCUT2D eigenvalue weighted by Crippen LogP contribution is 2.15. The number of nitrogens with two attached hydrogens (primary N) is 1. The lowest BCUT2D eigenvalue weighted by molar-refractivity contribution is 0.0753. The number of hydrogen-bond acceptors (Lipinski definition) is 4. The number of aryl methyl sites for hydroxylation is 1. The Labute approximate surface area is 104 Å². The first-order chi connectivity index (χ1) is 7.41. The molecular weight excluding hydrogens is 242 g/mol. The van der Waals surface area contributed by atoms with Gasteiger partial charge in [0.2, 0.25) is 0 Å². The molecule has 16 heavy (non-hydrogen) atoms. The first kappa shape index (κ1) is 13.1. The lowest BCUT2D eigenvalue weighted by Crippen LogP contribution is -2.37. The Balaban J connectivity index is 2.70. The molecule has 88 valence electrons. The van der Waals surface area contributed by atoms with Crippen molar-refractivity contribution in [1.29, 1.82) is 0 Å². The lowest BCUT2D eigenvalue weighted by Gasteiger charge is -2.23. The summed E-state index contributed by atoms with van der Waals surface area (Å²) in [4.78, 5) is 18.8. The molecule has 1 heterocycles. The largest absolute Gasteiger partial charge is 0.393 e. The summed E-state index contributed by atoms with van der Waals surface area (Å²) in [5, 5.41) is 0.888. The van der Waals surface area contributed by atoms with Crippen LogP contribution >= 0.6 is 23.6 Å². The smallest absolute Gasteiger partial charge is 0.265 e. The van der Waals surface area contributed by atoms with Gasteiger partial charge in [-0.1, -0.05) is 12.2 Å². The summed E-state index contributed by atoms with van der Waals surface area (Å²) in [6, 6.07) is 0.00686. The van der Waals surface area contributed by atoms with Gasteiger partial charge >= 0.3 is 0 Å². The standard InChI is InChI=1S/C10H15N3OS2/c1-6(4-9(11)15)13(3)10(14)8-5-12-7(2)16-8/h5-6H,4H2,1-3H3,(H2,11,15). The summed E-state index contributed by atoms with van der Waals surface area (Å²) >= 11 is 6.22. The SMILES string of the molecule is Cc1ncc(C(=O)N(C)C(C)CC(N)=S)s1. The van der Waals surface area contributed by atoms with Crippen LogP contribution in [0.5, 0.6) is 0 Å². The molecule has 0 bridgehead atoms. The highest BCUT2D eigenvalue weighted by Gasteiger charge is 2.19. The molecule has 0 saturated carbocycles. The summed E-state index contributed by atoms with van der Waals surface area (Å²) < 4.78 is 0. The Morgan fingerprint density at radius 1 is 1.75 bits per heavy atom. The van der Waals surface area contributed by atoms with E-state index in [9.17, 15) is 4.79 Å². The number of carbonyl (C=O) groups is 1. The molecule has 1 amide bonds. The lowest BCUT2D eigenvalue weighted by atomic mass is 10.2. The molecule has 2 N–H and O–H groups in total. The van der Waals surface area contributed by atoms with Crippen molar-refractivity contribution in [2.24, 2.45) is 5.73 Å². The molecule has 1 atom stereocenters. The zero-order valence-corrected chi connectivity index (χ0v) is 11.2. The highest BCUT2D eigenvalue weighted by molar-refractivity contribution is 7.80. The van der Waals surface area contributed by atoms with E-state index in [2.05, 4.69) is 4.98 Å². The molecular formula is C10H15N3OS2. The monoisotopic (exact) mass is 257 g/mol. The Morgan fingerprint density at radius 2 is 2.38 bits per heavy atom. The molecule has 0 spiro atoms. The molecule has 0 aromatic carbocycles. The average molecular weight is 257 g/mol. The van der Waals surface area contributed by atoms with Crippen molar-refractivity contribution in [2.45, 2.75) is 26.3 Å². The molecule has 0 saturated heterocycles. The van der Waals surface area contributed by atoms with Gasteiger partial charge < -0.3 is 10.6 Å². The average Bonchev–Trinajstić information content (AvgIpc) is 2.61. The van der Waals surface area contributed by atoms with Crippen molar-refractivity contribution < 1.29 is 4.79 Å². The van der Waals surface area contributed by atoms with Crippen molar-refractivity contribution >= 4 is 34.5 Å². The third kappa shape index (κ3) is 3.24. The minimum absolute atomic E-state index is 0.00686. The fraction of sp³-hybridized carbons (Fsp3) is 0.500. The molecule has 0 fully saturated rings. The van der Waals surface area contributed by atoms with Crippen molar-refractivity contribution in [1.82, 2.24) is 9.88 Å². The molecule has 0 radical (unpaired) electrons. The zero-order valence-electron chi connectivity index (χ0n) is 9.56. The van der Waals surface area contributed by atoms with Gasteiger partial charge in [-0.05, 0) is 13.8 Å². The van der Waals surface area contributed by atoms with Crippen LogP contribution in [0.2, 0.25) is 0 Å². The number of hydrogen-bond donors (Lipinski definition) is 1. The second-order valence-electron chi connectivity index (χ2n) is 3.68. The van der Waals surface area contributed by atoms with Crippen LogP contribution in [-0.4, -0.2) is 33.9 Å². The summed E-state index contributed by atoms with van der Waals surface area (Å²) in [7, 11) is 1.75. The maximum atomic E-state index is 12.0. The predicted molar refractivity (Wildman–Crippen MR) is 69.8 cm³/mol. The number of nitrogens with zero attached hydrogens (tertiary/aromatic N) is 2. The molecule has 1 aromatic rings. The van der Waals surface area contributed by atoms with E-state index in [0.29, 0.717) is 16.3 Å². The molecule has 0 aliphatic heterocycles. The maximum Gasteiger partial charge on any atom is 0.265 e. The second-order valence-corrected chi connectivity index (χ2v) is 5.44. The van der Waals surface area contributed by atoms with Gasteiger partial charge in [0.15, 0.2) is 0 Å². The van der Waals surface area contributed by atoms with Crippen LogP contribution < -0.4 is 5.73 Å². The Hall–Kier alpha value is -1.01. The van der Waals surface area contributed by atoms with Crippen LogP contribution in [0, 0.1) is 6.92 Å². The van der Waals surface area contributed by atoms with E-state index in [1.54, 1.807) is 18.1 Å². The van der Waals surface area contributed by atoms with Gasteiger partial charge in [-0.2, -0.15) is 0 Å². The maximum absolute atomic E-state index is 12.0. The molecule has 1 unspecified atom stereocenters. The number of rotatable bonds is 4. The van der Waals surface area contributed by atoms with Crippen molar-refractivity contribution in [3.8, 4) is 0 Å². The van der Waals surface area contributed by atoms with Crippen LogP contribution in [0.4, 0.5) is 0 Å². The van der Waals surface area contributed by atoms with Crippen molar-refractivity contribution in [3.63, 3.8) is 0 Å². The molecule has 0 aliphatic carbocycles. The number of aromatic nitrogens is 1. The second kappa shape index (κ2) is 5.36. The third-order valence-corrected chi connectivity index (χ3v) is 3.38. The van der Waals surface area contributed by atoms with E-state index in [1.165, 1.54) is 11.3 Å². The fourth-order valence-corrected chi connectivity index (χ4v) is 2.26. The van der Waals surface area contributed by atoms with E-state index in [0.717, 1.165) is 5.01 Å². The zero-order chi connectivity index (χ0) is 12.3. The van der Waals surface area contributed by atoms with Gasteiger partial charge in [-0.3, -0.25) is 4.79 Å². The minimum Gasteiger partial charge on any atom is -0.393 e. The first-order valence-electron chi connectivity index (χ1n) is 4.89. The third-order valence-electron chi connectivity index (χ3n) is 2.31. The molecule has 6 heteroatoms. The number of carbonyl (C=O) groups excluding carboxylic acids is 1. The molecule has 1 aromatic heterocycles. The normalized spacial score (nSPS) is 12.2. The van der Waals surface area contributed by atoms with Gasteiger partial charge in [0.1, 0.15) is 4.88 Å². The van der Waals surface area contributed by atoms with Gasteiger partial charge in [0.25, 0.3) is 5.91 Å². The van der Waals surface area contributed by atoms with E-state index < -0.39 is 0 Å². The first-order valence-corrected chi connectivity index (χ1v) is 6.12. The minimum atomic E-state index is -0.0330. The van der Waals surface area contributed by atoms with E-state index in [-0.39, 0.29) is 11.9 Å². The van der Waals surface area contributed by atoms with Crippen LogP contribution in [0.15, 0.2) is 6.20 Å². The van der Waals surface area contributed by atoms with Crippen LogP contribution in [0.25, 0.3) is 0 Å². The molecule has 0 aliphatic rings. The Morgan fingerprint density at radius 3 is 2.81 bits per heavy atom. The Bertz CT molecular complexity index is 403. The summed E-state index contributed by atoms with van der Waals surface area (Å²) in [5.74, 6) is -0.0330. The van der Waals surface area contributed by atoms with Gasteiger partial charge in [-0.15, -0.1) is 11.3 Å². The molecule has 4 nitrogen and oxygen atoms in total. The highest BCUT2D eigenvalue weighted by atomic mass is 32.1. The van der Waals surface area contributed by atoms with Gasteiger partial charge in [0, 0.05) is 19.5 Å². The molecule has 1 rings (SSSR count). The topological polar surface area (TPSA) is 59.2 Å². The number of thiazole rings is 1. The Kier molecular flexibility index (Phi) is 4.37. The summed E-state index contributed by atoms with van der Waals surface area (Å²) in [5.41, 5.74) is 5.46. The predicted octanol–water partition coefficient (Wildman–Crippen LogP) is 1.59. The van der Waals surface area contributed by atoms with E-state index in [4.69, 9.17) is 18.0 Å². The van der Waals surface area contributed by atoms with Crippen LogP contribution in [0.1, 0.15) is 28.0 Å². The number of amides is 1. The quantitative estimate of drug-likeness (QED) is 0.832.